The average Bonchev–Trinajstić information content (AvgIpc) is 3.35. The number of nitrogens with one attached hydrogen (secondary N) is 2. The van der Waals surface area contributed by atoms with Crippen molar-refractivity contribution in [3.8, 4) is 0 Å². The summed E-state index contributed by atoms with van der Waals surface area (Å²) in [5, 5.41) is 19.5. The van der Waals surface area contributed by atoms with Gasteiger partial charge in [0.05, 0.1) is 29.8 Å². The van der Waals surface area contributed by atoms with Gasteiger partial charge in [0, 0.05) is 47.5 Å². The molecule has 0 aromatic carbocycles. The molecule has 8 fully saturated rings. The number of Topliss-reactive ketones (excluding diaryl/α,β-unsaturated/α-hetero) is 1. The molecule has 11 nitrogen and oxygen atoms in total. The fourth-order valence-corrected chi connectivity index (χ4v) is 13.7. The number of ether oxygens (including phenoxy) is 4. The van der Waals surface area contributed by atoms with Crippen LogP contribution in [-0.4, -0.2) is 78.2 Å². The van der Waals surface area contributed by atoms with Crippen molar-refractivity contribution in [1.29, 1.82) is 0 Å². The average molecular weight is 723 g/mol. The number of carbonyl (C=O) groups excluding carboxylic acids is 3. The topological polar surface area (TPSA) is 149 Å². The van der Waals surface area contributed by atoms with E-state index >= 15 is 4.79 Å². The minimum Gasteiger partial charge on any atom is -0.469 e. The Morgan fingerprint density at radius 2 is 1.81 bits per heavy atom. The zero-order valence-corrected chi connectivity index (χ0v) is 31.5. The summed E-state index contributed by atoms with van der Waals surface area (Å²) in [4.78, 5) is 42.6. The van der Waals surface area contributed by atoms with E-state index in [9.17, 15) is 14.7 Å². The molecule has 5 aliphatic heterocycles. The van der Waals surface area contributed by atoms with Crippen LogP contribution in [0.2, 0.25) is 0 Å². The maximum Gasteiger partial charge on any atom is 0.339 e. The zero-order valence-electron chi connectivity index (χ0n) is 31.5. The van der Waals surface area contributed by atoms with Gasteiger partial charge in [0.15, 0.2) is 11.9 Å². The highest BCUT2D eigenvalue weighted by atomic mass is 16.7. The van der Waals surface area contributed by atoms with Crippen LogP contribution in [0.15, 0.2) is 16.7 Å². The highest BCUT2D eigenvalue weighted by Gasteiger charge is 2.92. The van der Waals surface area contributed by atoms with Gasteiger partial charge in [-0.25, -0.2) is 4.79 Å². The Balaban J connectivity index is 1.07. The van der Waals surface area contributed by atoms with Gasteiger partial charge >= 0.3 is 11.9 Å². The number of carbonyl (C=O) groups is 3. The molecular weight excluding hydrogens is 664 g/mol. The fourth-order valence-electron chi connectivity index (χ4n) is 13.7. The molecule has 52 heavy (non-hydrogen) atoms. The summed E-state index contributed by atoms with van der Waals surface area (Å²) in [6.45, 7) is 12.5. The summed E-state index contributed by atoms with van der Waals surface area (Å²) >= 11 is 0. The lowest BCUT2D eigenvalue weighted by atomic mass is 9.34. The summed E-state index contributed by atoms with van der Waals surface area (Å²) in [6.07, 6.45) is 7.97. The summed E-state index contributed by atoms with van der Waals surface area (Å²) in [7, 11) is 0. The van der Waals surface area contributed by atoms with Crippen LogP contribution in [0.4, 0.5) is 0 Å². The number of ketones is 1. The molecule has 6 heterocycles. The van der Waals surface area contributed by atoms with Crippen LogP contribution in [0.5, 0.6) is 0 Å². The first-order valence-electron chi connectivity index (χ1n) is 20.3. The summed E-state index contributed by atoms with van der Waals surface area (Å²) in [6, 6.07) is 2.49. The van der Waals surface area contributed by atoms with Crippen molar-refractivity contribution in [1.82, 2.24) is 10.6 Å². The number of rotatable bonds is 11. The van der Waals surface area contributed by atoms with Crippen LogP contribution in [0, 0.1) is 45.8 Å². The maximum atomic E-state index is 15.1. The van der Waals surface area contributed by atoms with E-state index in [0.717, 1.165) is 63.1 Å². The van der Waals surface area contributed by atoms with Crippen LogP contribution < -0.4 is 10.6 Å². The molecule has 11 heteroatoms. The van der Waals surface area contributed by atoms with Crippen molar-refractivity contribution in [2.24, 2.45) is 45.8 Å². The quantitative estimate of drug-likeness (QED) is 0.165. The number of aryl methyl sites for hydroxylation is 1. The lowest BCUT2D eigenvalue weighted by Crippen LogP contribution is -2.78. The summed E-state index contributed by atoms with van der Waals surface area (Å²) in [5.74, 6) is -1.14. The smallest absolute Gasteiger partial charge is 0.339 e. The molecule has 1 aromatic rings. The van der Waals surface area contributed by atoms with Gasteiger partial charge in [0.2, 0.25) is 0 Å². The molecule has 286 valence electrons. The number of hydrogen-bond acceptors (Lipinski definition) is 11. The Bertz CT molecular complexity index is 1620. The molecule has 2 bridgehead atoms. The molecule has 3 saturated carbocycles. The summed E-state index contributed by atoms with van der Waals surface area (Å²) < 4.78 is 32.4. The largest absolute Gasteiger partial charge is 0.469 e. The van der Waals surface area contributed by atoms with Gasteiger partial charge in [-0.05, 0) is 75.7 Å². The van der Waals surface area contributed by atoms with Crippen molar-refractivity contribution >= 4 is 17.7 Å². The molecule has 0 radical (unpaired) electrons. The molecule has 3 N–H and O–H groups in total. The number of epoxide rings is 1. The highest BCUT2D eigenvalue weighted by Crippen LogP contribution is 2.82. The second-order valence-electron chi connectivity index (χ2n) is 18.9. The number of aliphatic hydroxyl groups excluding tert-OH is 1. The van der Waals surface area contributed by atoms with E-state index in [1.54, 1.807) is 6.26 Å². The van der Waals surface area contributed by atoms with E-state index in [-0.39, 0.29) is 30.2 Å². The number of aliphatic hydroxyl groups is 1. The van der Waals surface area contributed by atoms with Gasteiger partial charge in [-0.15, -0.1) is 0 Å². The molecule has 3 aliphatic carbocycles. The van der Waals surface area contributed by atoms with Gasteiger partial charge in [-0.2, -0.15) is 0 Å². The number of hydrogen-bond donors (Lipinski definition) is 3. The van der Waals surface area contributed by atoms with Crippen LogP contribution in [0.1, 0.15) is 116 Å². The normalized spacial score (nSPS) is 48.4. The lowest BCUT2D eigenvalue weighted by molar-refractivity contribution is -0.266. The predicted molar refractivity (Wildman–Crippen MR) is 188 cm³/mol. The molecule has 14 atom stereocenters. The van der Waals surface area contributed by atoms with E-state index in [1.165, 1.54) is 12.8 Å². The van der Waals surface area contributed by atoms with E-state index < -0.39 is 69.7 Å². The highest BCUT2D eigenvalue weighted by molar-refractivity contribution is 5.92. The SMILES string of the molecule is CC(C)CC[C@]1(C)O[C@H]2[C@@H]3CC[C@@H]4C[C@@]5(C)[C@H](c6ccoc6CCCCCC[C@H]6CNCN6)OC(=O)[C@H]6O[C@]65[C@]5(C)[C@H](O)C(=O)[C@H]1[C@@]2(COC3=O)[C@@H]45. The molecule has 8 aliphatic rings. The third kappa shape index (κ3) is 4.52. The third-order valence-electron chi connectivity index (χ3n) is 15.7. The predicted octanol–water partition coefficient (Wildman–Crippen LogP) is 4.78. The van der Waals surface area contributed by atoms with Crippen molar-refractivity contribution in [2.45, 2.75) is 147 Å². The second kappa shape index (κ2) is 12.1. The first kappa shape index (κ1) is 35.4. The van der Waals surface area contributed by atoms with E-state index in [1.807, 2.05) is 19.9 Å². The molecule has 9 rings (SSSR count). The van der Waals surface area contributed by atoms with Crippen LogP contribution >= 0.6 is 0 Å². The Labute approximate surface area is 307 Å². The first-order chi connectivity index (χ1) is 24.8. The zero-order chi connectivity index (χ0) is 36.4. The van der Waals surface area contributed by atoms with Gasteiger partial charge in [-0.3, -0.25) is 9.59 Å². The van der Waals surface area contributed by atoms with Crippen molar-refractivity contribution in [2.75, 3.05) is 19.8 Å². The Morgan fingerprint density at radius 3 is 2.58 bits per heavy atom. The number of unbranched alkanes of at least 4 members (excludes halogenated alkanes) is 3. The molecule has 2 spiro atoms. The number of esters is 2. The van der Waals surface area contributed by atoms with Gasteiger partial charge in [0.25, 0.3) is 0 Å². The standard InChI is InChI=1S/C41H58N2O9/c1-22(2)14-16-38(4)30-28(44)31(45)39(5)29-23(12-13-26-33(51-38)40(29,30)20-49-35(26)46)18-37(3)32(50-36(47)34-41(37,39)52-34)25-15-17-48-27(25)11-9-7-6-8-10-24-19-42-21-43-24/h15,17,22-24,26,29-34,42-43,45H,6-14,16,18-21H2,1-5H3/t23-,24+,26+,29+,30-,31-,32+,33+,34-,37+,38+,39+,40-,41-/m1/s1. The summed E-state index contributed by atoms with van der Waals surface area (Å²) in [5.41, 5.74) is -3.91. The van der Waals surface area contributed by atoms with Crippen molar-refractivity contribution in [3.63, 3.8) is 0 Å². The fraction of sp³-hybridized carbons (Fsp3) is 0.829. The minimum absolute atomic E-state index is 0.00739. The Kier molecular flexibility index (Phi) is 8.23. The van der Waals surface area contributed by atoms with Gasteiger partial charge in [-0.1, -0.05) is 47.0 Å². The molecule has 5 saturated heterocycles. The van der Waals surface area contributed by atoms with Crippen LogP contribution in [0.3, 0.4) is 0 Å². The lowest BCUT2D eigenvalue weighted by Gasteiger charge is -2.68. The molecule has 0 amide bonds. The first-order valence-corrected chi connectivity index (χ1v) is 20.3. The maximum absolute atomic E-state index is 15.1. The third-order valence-corrected chi connectivity index (χ3v) is 15.7. The van der Waals surface area contributed by atoms with E-state index in [0.29, 0.717) is 31.2 Å². The number of cyclic esters (lactones) is 2. The van der Waals surface area contributed by atoms with E-state index in [4.69, 9.17) is 23.4 Å². The minimum atomic E-state index is -1.39. The van der Waals surface area contributed by atoms with Crippen LogP contribution in [-0.2, 0) is 39.8 Å². The molecule has 1 aromatic heterocycles. The Morgan fingerprint density at radius 1 is 1.00 bits per heavy atom. The molecular formula is C41H58N2O9. The van der Waals surface area contributed by atoms with Crippen LogP contribution in [0.25, 0.3) is 0 Å². The number of furan rings is 1. The monoisotopic (exact) mass is 722 g/mol. The van der Waals surface area contributed by atoms with Crippen molar-refractivity contribution in [3.05, 3.63) is 23.7 Å². The van der Waals surface area contributed by atoms with Gasteiger partial charge in [0.1, 0.15) is 30.2 Å². The molecule has 0 unspecified atom stereocenters. The van der Waals surface area contributed by atoms with Gasteiger partial charge < -0.3 is 39.1 Å². The second-order valence-corrected chi connectivity index (χ2v) is 18.9. The van der Waals surface area contributed by atoms with Crippen molar-refractivity contribution < 1.29 is 42.9 Å². The van der Waals surface area contributed by atoms with E-state index in [2.05, 4.69) is 31.4 Å². The Hall–Kier alpha value is -2.31.